The lowest BCUT2D eigenvalue weighted by molar-refractivity contribution is -0.116. The minimum Gasteiger partial charge on any atom is -0.309 e. The van der Waals surface area contributed by atoms with Crippen molar-refractivity contribution in [3.8, 4) is 11.3 Å². The predicted octanol–water partition coefficient (Wildman–Crippen LogP) is 3.69. The Morgan fingerprint density at radius 2 is 1.78 bits per heavy atom. The summed E-state index contributed by atoms with van der Waals surface area (Å²) in [7, 11) is 0. The lowest BCUT2D eigenvalue weighted by Gasteiger charge is -2.23. The Balaban J connectivity index is 1.86. The highest BCUT2D eigenvalue weighted by atomic mass is 19.1. The zero-order valence-corrected chi connectivity index (χ0v) is 12.2. The fourth-order valence-corrected chi connectivity index (χ4v) is 3.06. The van der Waals surface area contributed by atoms with Crippen LogP contribution in [0.1, 0.15) is 23.5 Å². The summed E-state index contributed by atoms with van der Waals surface area (Å²) in [6, 6.07) is 16.1. The number of anilines is 1. The second-order valence-electron chi connectivity index (χ2n) is 5.58. The number of carbonyl (C=O) groups excluding carboxylic acids is 1. The number of nitrogens with one attached hydrogen (secondary N) is 2. The first-order chi connectivity index (χ1) is 11.2. The third-order valence-corrected chi connectivity index (χ3v) is 4.13. The van der Waals surface area contributed by atoms with E-state index in [4.69, 9.17) is 0 Å². The van der Waals surface area contributed by atoms with Crippen molar-refractivity contribution >= 4 is 11.7 Å². The number of aromatic amines is 1. The molecule has 0 radical (unpaired) electrons. The SMILES string of the molecule is O=C1CC(c2ccc(F)cc2)c2c(n[nH]c2-c2ccccc2)N1. The fraction of sp³-hybridized carbons (Fsp3) is 0.111. The van der Waals surface area contributed by atoms with Gasteiger partial charge in [-0.1, -0.05) is 42.5 Å². The molecule has 4 nitrogen and oxygen atoms in total. The Morgan fingerprint density at radius 1 is 1.04 bits per heavy atom. The number of halogens is 1. The molecule has 0 fully saturated rings. The number of hydrogen-bond acceptors (Lipinski definition) is 2. The summed E-state index contributed by atoms with van der Waals surface area (Å²) in [6.07, 6.45) is 0.317. The van der Waals surface area contributed by atoms with E-state index in [9.17, 15) is 9.18 Å². The number of rotatable bonds is 2. The number of fused-ring (bicyclic) bond motifs is 1. The van der Waals surface area contributed by atoms with E-state index in [1.165, 1.54) is 12.1 Å². The van der Waals surface area contributed by atoms with Crippen molar-refractivity contribution < 1.29 is 9.18 Å². The number of carbonyl (C=O) groups is 1. The summed E-state index contributed by atoms with van der Waals surface area (Å²) in [4.78, 5) is 12.0. The predicted molar refractivity (Wildman–Crippen MR) is 85.5 cm³/mol. The highest BCUT2D eigenvalue weighted by Gasteiger charge is 2.31. The summed E-state index contributed by atoms with van der Waals surface area (Å²) in [5.74, 6) is 0.0328. The average molecular weight is 307 g/mol. The van der Waals surface area contributed by atoms with Crippen LogP contribution in [0.4, 0.5) is 10.2 Å². The normalized spacial score (nSPS) is 16.7. The molecule has 1 atom stereocenters. The molecule has 0 spiro atoms. The Bertz CT molecular complexity index is 856. The van der Waals surface area contributed by atoms with Crippen LogP contribution in [0.2, 0.25) is 0 Å². The maximum Gasteiger partial charge on any atom is 0.226 e. The van der Waals surface area contributed by atoms with Gasteiger partial charge in [0.25, 0.3) is 0 Å². The van der Waals surface area contributed by atoms with E-state index >= 15 is 0 Å². The molecule has 2 heterocycles. The van der Waals surface area contributed by atoms with E-state index in [-0.39, 0.29) is 17.6 Å². The van der Waals surface area contributed by atoms with Gasteiger partial charge in [0.15, 0.2) is 5.82 Å². The molecular formula is C18H14FN3O. The van der Waals surface area contributed by atoms with Gasteiger partial charge in [-0.2, -0.15) is 5.10 Å². The molecule has 23 heavy (non-hydrogen) atoms. The Morgan fingerprint density at radius 3 is 2.52 bits per heavy atom. The van der Waals surface area contributed by atoms with Crippen molar-refractivity contribution in [2.75, 3.05) is 5.32 Å². The van der Waals surface area contributed by atoms with Crippen molar-refractivity contribution in [1.29, 1.82) is 0 Å². The Hall–Kier alpha value is -2.95. The first kappa shape index (κ1) is 13.7. The van der Waals surface area contributed by atoms with Crippen LogP contribution < -0.4 is 5.32 Å². The average Bonchev–Trinajstić information content (AvgIpc) is 2.99. The van der Waals surface area contributed by atoms with Crippen LogP contribution in [-0.4, -0.2) is 16.1 Å². The number of H-pyrrole nitrogens is 1. The van der Waals surface area contributed by atoms with Crippen molar-refractivity contribution in [1.82, 2.24) is 10.2 Å². The number of aromatic nitrogens is 2. The summed E-state index contributed by atoms with van der Waals surface area (Å²) in [6.45, 7) is 0. The minimum atomic E-state index is -0.287. The molecule has 1 amide bonds. The monoisotopic (exact) mass is 307 g/mol. The van der Waals surface area contributed by atoms with E-state index < -0.39 is 0 Å². The fourth-order valence-electron chi connectivity index (χ4n) is 3.06. The maximum atomic E-state index is 13.2. The van der Waals surface area contributed by atoms with E-state index in [1.54, 1.807) is 12.1 Å². The molecule has 0 saturated carbocycles. The second-order valence-corrected chi connectivity index (χ2v) is 5.58. The third kappa shape index (κ3) is 2.40. The standard InChI is InChI=1S/C18H14FN3O/c19-13-8-6-11(7-9-13)14-10-15(23)20-18-16(14)17(21-22-18)12-4-2-1-3-5-12/h1-9,14H,10H2,(H2,20,21,22,23). The molecule has 1 unspecified atom stereocenters. The van der Waals surface area contributed by atoms with E-state index in [0.29, 0.717) is 12.2 Å². The van der Waals surface area contributed by atoms with Crippen LogP contribution in [0.25, 0.3) is 11.3 Å². The Kier molecular flexibility index (Phi) is 3.19. The quantitative estimate of drug-likeness (QED) is 0.758. The van der Waals surface area contributed by atoms with E-state index in [2.05, 4.69) is 15.5 Å². The lowest BCUT2D eigenvalue weighted by Crippen LogP contribution is -2.23. The highest BCUT2D eigenvalue weighted by Crippen LogP contribution is 2.41. The molecule has 0 aliphatic carbocycles. The zero-order chi connectivity index (χ0) is 15.8. The molecule has 5 heteroatoms. The summed E-state index contributed by atoms with van der Waals surface area (Å²) in [5.41, 5.74) is 3.74. The minimum absolute atomic E-state index is 0.0852. The van der Waals surface area contributed by atoms with Gasteiger partial charge in [-0.05, 0) is 23.3 Å². The van der Waals surface area contributed by atoms with Crippen LogP contribution in [-0.2, 0) is 4.79 Å². The Labute approximate surface area is 132 Å². The van der Waals surface area contributed by atoms with Crippen molar-refractivity contribution in [3.05, 3.63) is 71.5 Å². The lowest BCUT2D eigenvalue weighted by atomic mass is 9.84. The van der Waals surface area contributed by atoms with Crippen LogP contribution in [0.15, 0.2) is 54.6 Å². The summed E-state index contributed by atoms with van der Waals surface area (Å²) >= 11 is 0. The molecule has 0 saturated heterocycles. The first-order valence-electron chi connectivity index (χ1n) is 7.41. The number of nitrogens with zero attached hydrogens (tertiary/aromatic N) is 1. The molecule has 1 aliphatic rings. The van der Waals surface area contributed by atoms with Gasteiger partial charge in [-0.3, -0.25) is 9.89 Å². The van der Waals surface area contributed by atoms with Gasteiger partial charge >= 0.3 is 0 Å². The smallest absolute Gasteiger partial charge is 0.226 e. The van der Waals surface area contributed by atoms with Crippen LogP contribution >= 0.6 is 0 Å². The molecule has 0 bridgehead atoms. The van der Waals surface area contributed by atoms with Gasteiger partial charge in [-0.15, -0.1) is 0 Å². The number of amides is 1. The molecule has 1 aliphatic heterocycles. The van der Waals surface area contributed by atoms with E-state index in [1.807, 2.05) is 30.3 Å². The van der Waals surface area contributed by atoms with Gasteiger partial charge in [-0.25, -0.2) is 4.39 Å². The zero-order valence-electron chi connectivity index (χ0n) is 12.2. The number of hydrogen-bond donors (Lipinski definition) is 2. The van der Waals surface area contributed by atoms with Gasteiger partial charge in [0, 0.05) is 17.9 Å². The van der Waals surface area contributed by atoms with E-state index in [0.717, 1.165) is 22.4 Å². The molecular weight excluding hydrogens is 293 g/mol. The molecule has 2 N–H and O–H groups in total. The largest absolute Gasteiger partial charge is 0.309 e. The molecule has 2 aromatic carbocycles. The first-order valence-corrected chi connectivity index (χ1v) is 7.41. The third-order valence-electron chi connectivity index (χ3n) is 4.13. The van der Waals surface area contributed by atoms with Gasteiger partial charge in [0.1, 0.15) is 5.82 Å². The molecule has 114 valence electrons. The highest BCUT2D eigenvalue weighted by molar-refractivity contribution is 5.96. The van der Waals surface area contributed by atoms with Crippen molar-refractivity contribution in [2.24, 2.45) is 0 Å². The molecule has 4 rings (SSSR count). The topological polar surface area (TPSA) is 57.8 Å². The molecule has 3 aromatic rings. The van der Waals surface area contributed by atoms with Gasteiger partial charge in [0.05, 0.1) is 5.69 Å². The second kappa shape index (κ2) is 5.35. The van der Waals surface area contributed by atoms with Crippen LogP contribution in [0.5, 0.6) is 0 Å². The maximum absolute atomic E-state index is 13.2. The van der Waals surface area contributed by atoms with Crippen molar-refractivity contribution in [2.45, 2.75) is 12.3 Å². The number of benzene rings is 2. The molecule has 1 aromatic heterocycles. The van der Waals surface area contributed by atoms with Crippen LogP contribution in [0.3, 0.4) is 0 Å². The summed E-state index contributed by atoms with van der Waals surface area (Å²) < 4.78 is 13.2. The van der Waals surface area contributed by atoms with Gasteiger partial charge < -0.3 is 5.32 Å². The summed E-state index contributed by atoms with van der Waals surface area (Å²) in [5, 5.41) is 10.1. The van der Waals surface area contributed by atoms with Crippen LogP contribution in [0, 0.1) is 5.82 Å². The van der Waals surface area contributed by atoms with Crippen molar-refractivity contribution in [3.63, 3.8) is 0 Å². The van der Waals surface area contributed by atoms with Gasteiger partial charge in [0.2, 0.25) is 5.91 Å².